The number of phenols is 1. The quantitative estimate of drug-likeness (QED) is 0.453. The average Bonchev–Trinajstić information content (AvgIpc) is 2.90. The van der Waals surface area contributed by atoms with E-state index in [1.807, 2.05) is 6.07 Å². The number of nitriles is 1. The molecule has 1 heterocycles. The summed E-state index contributed by atoms with van der Waals surface area (Å²) in [5.74, 6) is 0.375. The smallest absolute Gasteiger partial charge is 0.255 e. The van der Waals surface area contributed by atoms with Crippen molar-refractivity contribution in [1.29, 1.82) is 5.26 Å². The van der Waals surface area contributed by atoms with E-state index < -0.39 is 0 Å². The lowest BCUT2D eigenvalue weighted by Crippen LogP contribution is -2.47. The van der Waals surface area contributed by atoms with Crippen LogP contribution < -0.4 is 10.2 Å². The van der Waals surface area contributed by atoms with E-state index >= 15 is 0 Å². The van der Waals surface area contributed by atoms with Crippen LogP contribution in [0.25, 0.3) is 0 Å². The molecule has 1 aliphatic heterocycles. The van der Waals surface area contributed by atoms with Crippen LogP contribution in [-0.2, 0) is 0 Å². The maximum absolute atomic E-state index is 13.7. The first-order chi connectivity index (χ1) is 17.9. The number of anilines is 1. The van der Waals surface area contributed by atoms with Crippen molar-refractivity contribution in [3.8, 4) is 11.8 Å². The Bertz CT molecular complexity index is 1070. The standard InChI is InChI=1S/C29H36ClFN4O2/c30-24-17-25(31)19-26(18-24)35-15-13-34(14-16-35)12-10-21-5-7-22(8-6-21)23(20-32)9-11-33-29(37)27-3-1-2-4-28(27)36/h1-4,17-19,21-23,36H,5-16H2,(H,33,37). The Labute approximate surface area is 224 Å². The summed E-state index contributed by atoms with van der Waals surface area (Å²) in [6.07, 6.45) is 6.22. The second kappa shape index (κ2) is 13.1. The number of hydrogen-bond acceptors (Lipinski definition) is 5. The van der Waals surface area contributed by atoms with Gasteiger partial charge in [-0.1, -0.05) is 36.6 Å². The van der Waals surface area contributed by atoms with Gasteiger partial charge < -0.3 is 15.3 Å². The van der Waals surface area contributed by atoms with Gasteiger partial charge in [-0.25, -0.2) is 4.39 Å². The zero-order valence-corrected chi connectivity index (χ0v) is 22.0. The number of amides is 1. The van der Waals surface area contributed by atoms with Crippen LogP contribution >= 0.6 is 11.6 Å². The van der Waals surface area contributed by atoms with Crippen LogP contribution in [0.15, 0.2) is 42.5 Å². The second-order valence-electron chi connectivity index (χ2n) is 10.3. The summed E-state index contributed by atoms with van der Waals surface area (Å²) in [5, 5.41) is 22.8. The molecule has 1 saturated carbocycles. The van der Waals surface area contributed by atoms with E-state index in [4.69, 9.17) is 11.6 Å². The predicted octanol–water partition coefficient (Wildman–Crippen LogP) is 5.46. The molecule has 2 aromatic rings. The first-order valence-electron chi connectivity index (χ1n) is 13.3. The Morgan fingerprint density at radius 3 is 2.54 bits per heavy atom. The fraction of sp³-hybridized carbons (Fsp3) is 0.517. The molecule has 4 rings (SSSR count). The first kappa shape index (κ1) is 27.2. The molecular weight excluding hydrogens is 491 g/mol. The Morgan fingerprint density at radius 1 is 1.14 bits per heavy atom. The molecule has 6 nitrogen and oxygen atoms in total. The molecule has 0 bridgehead atoms. The topological polar surface area (TPSA) is 79.6 Å². The van der Waals surface area contributed by atoms with E-state index in [0.717, 1.165) is 64.1 Å². The maximum atomic E-state index is 13.7. The fourth-order valence-electron chi connectivity index (χ4n) is 5.70. The molecule has 37 heavy (non-hydrogen) atoms. The van der Waals surface area contributed by atoms with E-state index in [1.165, 1.54) is 18.6 Å². The van der Waals surface area contributed by atoms with Gasteiger partial charge in [0.05, 0.1) is 17.6 Å². The van der Waals surface area contributed by atoms with Gasteiger partial charge in [0, 0.05) is 43.4 Å². The minimum Gasteiger partial charge on any atom is -0.507 e. The number of carbonyl (C=O) groups is 1. The minimum atomic E-state index is -0.306. The van der Waals surface area contributed by atoms with Crippen LogP contribution in [0, 0.1) is 34.9 Å². The molecule has 1 unspecified atom stereocenters. The van der Waals surface area contributed by atoms with Gasteiger partial charge in [-0.3, -0.25) is 9.69 Å². The molecule has 0 radical (unpaired) electrons. The monoisotopic (exact) mass is 526 g/mol. The van der Waals surface area contributed by atoms with Crippen molar-refractivity contribution in [2.75, 3.05) is 44.2 Å². The number of halogens is 2. The van der Waals surface area contributed by atoms with E-state index in [-0.39, 0.29) is 29.0 Å². The van der Waals surface area contributed by atoms with Gasteiger partial charge in [0.1, 0.15) is 11.6 Å². The molecule has 1 aliphatic carbocycles. The van der Waals surface area contributed by atoms with Crippen molar-refractivity contribution < 1.29 is 14.3 Å². The molecular formula is C29H36ClFN4O2. The SMILES string of the molecule is N#CC(CCNC(=O)c1ccccc1O)C1CCC(CCN2CCN(c3cc(F)cc(Cl)c3)CC2)CC1. The molecule has 0 spiro atoms. The van der Waals surface area contributed by atoms with Crippen molar-refractivity contribution in [2.45, 2.75) is 38.5 Å². The zero-order chi connectivity index (χ0) is 26.2. The van der Waals surface area contributed by atoms with Gasteiger partial charge in [-0.15, -0.1) is 0 Å². The summed E-state index contributed by atoms with van der Waals surface area (Å²) in [6.45, 7) is 5.18. The largest absolute Gasteiger partial charge is 0.507 e. The molecule has 2 aromatic carbocycles. The third-order valence-corrected chi connectivity index (χ3v) is 8.17. The molecule has 1 saturated heterocycles. The predicted molar refractivity (Wildman–Crippen MR) is 144 cm³/mol. The van der Waals surface area contributed by atoms with E-state index in [1.54, 1.807) is 24.3 Å². The highest BCUT2D eigenvalue weighted by molar-refractivity contribution is 6.30. The van der Waals surface area contributed by atoms with Gasteiger partial charge >= 0.3 is 0 Å². The van der Waals surface area contributed by atoms with Gasteiger partial charge in [-0.2, -0.15) is 5.26 Å². The van der Waals surface area contributed by atoms with Gasteiger partial charge in [0.15, 0.2) is 0 Å². The van der Waals surface area contributed by atoms with Crippen molar-refractivity contribution in [2.24, 2.45) is 17.8 Å². The highest BCUT2D eigenvalue weighted by Gasteiger charge is 2.28. The number of piperazine rings is 1. The van der Waals surface area contributed by atoms with E-state index in [2.05, 4.69) is 21.2 Å². The van der Waals surface area contributed by atoms with Crippen LogP contribution in [0.4, 0.5) is 10.1 Å². The van der Waals surface area contributed by atoms with E-state index in [9.17, 15) is 19.6 Å². The van der Waals surface area contributed by atoms with Crippen LogP contribution in [0.1, 0.15) is 48.9 Å². The molecule has 2 fully saturated rings. The summed E-state index contributed by atoms with van der Waals surface area (Å²) in [5.41, 5.74) is 1.11. The van der Waals surface area contributed by atoms with Crippen LogP contribution in [0.2, 0.25) is 5.02 Å². The van der Waals surface area contributed by atoms with Crippen molar-refractivity contribution >= 4 is 23.2 Å². The summed E-state index contributed by atoms with van der Waals surface area (Å²) in [7, 11) is 0. The van der Waals surface area contributed by atoms with Gasteiger partial charge in [0.2, 0.25) is 0 Å². The van der Waals surface area contributed by atoms with Gasteiger partial charge in [-0.05, 0) is 74.4 Å². The van der Waals surface area contributed by atoms with Crippen molar-refractivity contribution in [1.82, 2.24) is 10.2 Å². The zero-order valence-electron chi connectivity index (χ0n) is 21.2. The fourth-order valence-corrected chi connectivity index (χ4v) is 5.92. The lowest BCUT2D eigenvalue weighted by molar-refractivity contribution is 0.0947. The summed E-state index contributed by atoms with van der Waals surface area (Å²) in [4.78, 5) is 17.0. The number of phenolic OH excluding ortho intramolecular Hbond substituents is 1. The number of aromatic hydroxyl groups is 1. The van der Waals surface area contributed by atoms with Crippen LogP contribution in [0.3, 0.4) is 0 Å². The third kappa shape index (κ3) is 7.59. The molecule has 198 valence electrons. The third-order valence-electron chi connectivity index (χ3n) is 7.95. The highest BCUT2D eigenvalue weighted by Crippen LogP contribution is 2.36. The van der Waals surface area contributed by atoms with Crippen molar-refractivity contribution in [3.63, 3.8) is 0 Å². The Morgan fingerprint density at radius 2 is 1.86 bits per heavy atom. The number of nitrogens with one attached hydrogen (secondary N) is 1. The number of hydrogen-bond donors (Lipinski definition) is 2. The Balaban J connectivity index is 1.13. The molecule has 2 N–H and O–H groups in total. The number of rotatable bonds is 9. The maximum Gasteiger partial charge on any atom is 0.255 e. The highest BCUT2D eigenvalue weighted by atomic mass is 35.5. The molecule has 8 heteroatoms. The van der Waals surface area contributed by atoms with Crippen LogP contribution in [-0.4, -0.2) is 55.2 Å². The summed E-state index contributed by atoms with van der Waals surface area (Å²) < 4.78 is 13.7. The number of nitrogens with zero attached hydrogens (tertiary/aromatic N) is 3. The van der Waals surface area contributed by atoms with E-state index in [0.29, 0.717) is 29.8 Å². The van der Waals surface area contributed by atoms with Crippen molar-refractivity contribution in [3.05, 3.63) is 58.9 Å². The second-order valence-corrected chi connectivity index (χ2v) is 10.8. The average molecular weight is 527 g/mol. The summed E-state index contributed by atoms with van der Waals surface area (Å²) >= 11 is 6.02. The molecule has 1 amide bonds. The lowest BCUT2D eigenvalue weighted by Gasteiger charge is -2.37. The normalized spacial score (nSPS) is 21.3. The lowest BCUT2D eigenvalue weighted by atomic mass is 9.74. The molecule has 0 aromatic heterocycles. The van der Waals surface area contributed by atoms with Gasteiger partial charge in [0.25, 0.3) is 5.91 Å². The Kier molecular flexibility index (Phi) is 9.65. The Hall–Kier alpha value is -2.82. The number of carbonyl (C=O) groups excluding carboxylic acids is 1. The minimum absolute atomic E-state index is 0.0338. The summed E-state index contributed by atoms with van der Waals surface area (Å²) in [6, 6.07) is 13.7. The molecule has 2 aliphatic rings. The first-order valence-corrected chi connectivity index (χ1v) is 13.7. The van der Waals surface area contributed by atoms with Crippen LogP contribution in [0.5, 0.6) is 5.75 Å². The molecule has 1 atom stereocenters. The number of para-hydroxylation sites is 1. The number of benzene rings is 2.